The predicted molar refractivity (Wildman–Crippen MR) is 122 cm³/mol. The Kier molecular flexibility index (Phi) is 9.37. The summed E-state index contributed by atoms with van der Waals surface area (Å²) in [7, 11) is 3.99. The molecule has 7 nitrogen and oxygen atoms in total. The molecule has 3 aromatic rings. The first kappa shape index (κ1) is 23.4. The minimum Gasteiger partial charge on any atom is -0.477 e. The van der Waals surface area contributed by atoms with Gasteiger partial charge in [0.15, 0.2) is 5.69 Å². The zero-order valence-corrected chi connectivity index (χ0v) is 18.7. The van der Waals surface area contributed by atoms with E-state index in [2.05, 4.69) is 25.9 Å². The number of hydrogen-bond donors (Lipinski definition) is 2. The lowest BCUT2D eigenvalue weighted by Gasteiger charge is -2.08. The molecular formula is C22H27BrN4O3. The van der Waals surface area contributed by atoms with Crippen LogP contribution in [-0.4, -0.2) is 53.0 Å². The standard InChI is InChI=1S/C16H21N3O3.C6H6BrN/c1-18(2)9-6-10-22-15-11-14(16(20)21)19(17-15)12-13-7-4-3-5-8-13;7-5-1-3-6(8)4-2-5/h3-5,7-8,11H,6,9-10,12H2,1-2H3,(H,20,21);1-4H,8H2. The average Bonchev–Trinajstić information content (AvgIpc) is 3.12. The van der Waals surface area contributed by atoms with Gasteiger partial charge in [0.1, 0.15) is 0 Å². The van der Waals surface area contributed by atoms with E-state index >= 15 is 0 Å². The lowest BCUT2D eigenvalue weighted by atomic mass is 10.2. The number of aromatic nitrogens is 2. The molecule has 0 bridgehead atoms. The van der Waals surface area contributed by atoms with Crippen LogP contribution < -0.4 is 10.5 Å². The maximum absolute atomic E-state index is 11.3. The molecule has 3 rings (SSSR count). The number of nitrogens with two attached hydrogens (primary N) is 1. The van der Waals surface area contributed by atoms with Gasteiger partial charge in [-0.2, -0.15) is 0 Å². The summed E-state index contributed by atoms with van der Waals surface area (Å²) >= 11 is 3.29. The molecule has 0 saturated heterocycles. The maximum Gasteiger partial charge on any atom is 0.354 e. The van der Waals surface area contributed by atoms with E-state index in [1.54, 1.807) is 0 Å². The zero-order valence-electron chi connectivity index (χ0n) is 17.2. The molecule has 30 heavy (non-hydrogen) atoms. The Balaban J connectivity index is 0.000000335. The van der Waals surface area contributed by atoms with E-state index in [1.165, 1.54) is 10.7 Å². The van der Waals surface area contributed by atoms with Gasteiger partial charge in [-0.05, 0) is 50.3 Å². The number of carboxylic acids is 1. The fourth-order valence-corrected chi connectivity index (χ4v) is 2.80. The monoisotopic (exact) mass is 474 g/mol. The normalized spacial score (nSPS) is 10.4. The van der Waals surface area contributed by atoms with Gasteiger partial charge in [0.05, 0.1) is 13.2 Å². The first-order valence-corrected chi connectivity index (χ1v) is 10.3. The number of halogens is 1. The van der Waals surface area contributed by atoms with Crippen molar-refractivity contribution in [1.82, 2.24) is 14.7 Å². The van der Waals surface area contributed by atoms with Crippen molar-refractivity contribution in [3.63, 3.8) is 0 Å². The first-order chi connectivity index (χ1) is 14.3. The Morgan fingerprint density at radius 1 is 1.17 bits per heavy atom. The Hall–Kier alpha value is -2.84. The van der Waals surface area contributed by atoms with Gasteiger partial charge in [0.25, 0.3) is 0 Å². The van der Waals surface area contributed by atoms with E-state index in [9.17, 15) is 9.90 Å². The third kappa shape index (κ3) is 8.26. The summed E-state index contributed by atoms with van der Waals surface area (Å²) in [5, 5.41) is 13.5. The topological polar surface area (TPSA) is 93.6 Å². The van der Waals surface area contributed by atoms with Gasteiger partial charge in [-0.3, -0.25) is 0 Å². The number of carbonyl (C=O) groups is 1. The molecule has 0 saturated carbocycles. The number of rotatable bonds is 8. The van der Waals surface area contributed by atoms with Gasteiger partial charge in [0, 0.05) is 22.8 Å². The highest BCUT2D eigenvalue weighted by Crippen LogP contribution is 2.15. The molecule has 0 aliphatic heterocycles. The highest BCUT2D eigenvalue weighted by molar-refractivity contribution is 9.10. The van der Waals surface area contributed by atoms with Crippen LogP contribution in [0.15, 0.2) is 65.1 Å². The highest BCUT2D eigenvalue weighted by Gasteiger charge is 2.15. The van der Waals surface area contributed by atoms with Gasteiger partial charge >= 0.3 is 5.97 Å². The maximum atomic E-state index is 11.3. The average molecular weight is 475 g/mol. The SMILES string of the molecule is CN(C)CCCOc1cc(C(=O)O)n(Cc2ccccc2)n1.Nc1ccc(Br)cc1. The molecule has 0 fully saturated rings. The molecule has 1 heterocycles. The van der Waals surface area contributed by atoms with Crippen LogP contribution >= 0.6 is 15.9 Å². The number of carboxylic acid groups (broad SMARTS) is 1. The summed E-state index contributed by atoms with van der Waals surface area (Å²) in [5.74, 6) is -0.654. The summed E-state index contributed by atoms with van der Waals surface area (Å²) in [6, 6.07) is 18.6. The lowest BCUT2D eigenvalue weighted by molar-refractivity contribution is 0.0684. The summed E-state index contributed by atoms with van der Waals surface area (Å²) in [6.07, 6.45) is 0.862. The van der Waals surface area contributed by atoms with E-state index in [0.29, 0.717) is 19.0 Å². The van der Waals surface area contributed by atoms with Crippen molar-refractivity contribution in [2.45, 2.75) is 13.0 Å². The molecule has 3 N–H and O–H groups in total. The van der Waals surface area contributed by atoms with Crippen molar-refractivity contribution in [2.75, 3.05) is 33.0 Å². The molecule has 0 aliphatic carbocycles. The summed E-state index contributed by atoms with van der Waals surface area (Å²) in [6.45, 7) is 1.83. The number of hydrogen-bond acceptors (Lipinski definition) is 5. The van der Waals surface area contributed by atoms with Crippen LogP contribution in [0.25, 0.3) is 0 Å². The van der Waals surface area contributed by atoms with Crippen LogP contribution in [-0.2, 0) is 6.54 Å². The quantitative estimate of drug-likeness (QED) is 0.378. The summed E-state index contributed by atoms with van der Waals surface area (Å²) in [4.78, 5) is 13.4. The summed E-state index contributed by atoms with van der Waals surface area (Å²) < 4.78 is 8.06. The van der Waals surface area contributed by atoms with Crippen LogP contribution in [0.5, 0.6) is 5.88 Å². The Morgan fingerprint density at radius 3 is 2.40 bits per heavy atom. The van der Waals surface area contributed by atoms with Crippen LogP contribution in [0.2, 0.25) is 0 Å². The minimum absolute atomic E-state index is 0.131. The van der Waals surface area contributed by atoms with Gasteiger partial charge in [0.2, 0.25) is 5.88 Å². The van der Waals surface area contributed by atoms with E-state index < -0.39 is 5.97 Å². The molecule has 0 radical (unpaired) electrons. The fourth-order valence-electron chi connectivity index (χ4n) is 2.53. The van der Waals surface area contributed by atoms with Gasteiger partial charge in [-0.1, -0.05) is 46.3 Å². The van der Waals surface area contributed by atoms with Crippen LogP contribution in [0, 0.1) is 0 Å². The Bertz CT molecular complexity index is 891. The second kappa shape index (κ2) is 12.0. The fraction of sp³-hybridized carbons (Fsp3) is 0.273. The molecule has 8 heteroatoms. The number of ether oxygens (including phenoxy) is 1. The minimum atomic E-state index is -1.01. The van der Waals surface area contributed by atoms with Crippen molar-refractivity contribution in [2.24, 2.45) is 0 Å². The number of anilines is 1. The number of nitrogen functional groups attached to an aromatic ring is 1. The molecule has 2 aromatic carbocycles. The Labute approximate surface area is 185 Å². The van der Waals surface area contributed by atoms with Crippen LogP contribution in [0.4, 0.5) is 5.69 Å². The van der Waals surface area contributed by atoms with Crippen molar-refractivity contribution >= 4 is 27.6 Å². The zero-order chi connectivity index (χ0) is 21.9. The largest absolute Gasteiger partial charge is 0.477 e. The molecule has 0 atom stereocenters. The number of benzene rings is 2. The van der Waals surface area contributed by atoms with E-state index in [0.717, 1.165) is 28.7 Å². The van der Waals surface area contributed by atoms with Gasteiger partial charge < -0.3 is 20.5 Å². The van der Waals surface area contributed by atoms with Gasteiger partial charge in [-0.15, -0.1) is 5.10 Å². The first-order valence-electron chi connectivity index (χ1n) is 9.49. The molecule has 0 aliphatic rings. The second-order valence-electron chi connectivity index (χ2n) is 6.87. The van der Waals surface area contributed by atoms with Crippen molar-refractivity contribution < 1.29 is 14.6 Å². The van der Waals surface area contributed by atoms with E-state index in [-0.39, 0.29) is 5.69 Å². The van der Waals surface area contributed by atoms with Crippen molar-refractivity contribution in [3.05, 3.63) is 76.4 Å². The van der Waals surface area contributed by atoms with Gasteiger partial charge in [-0.25, -0.2) is 9.48 Å². The Morgan fingerprint density at radius 2 is 1.83 bits per heavy atom. The predicted octanol–water partition coefficient (Wildman–Crippen LogP) is 3.99. The molecule has 0 unspecified atom stereocenters. The van der Waals surface area contributed by atoms with E-state index in [4.69, 9.17) is 10.5 Å². The van der Waals surface area contributed by atoms with Crippen molar-refractivity contribution in [1.29, 1.82) is 0 Å². The molecule has 0 amide bonds. The smallest absolute Gasteiger partial charge is 0.354 e. The molecule has 160 valence electrons. The lowest BCUT2D eigenvalue weighted by Crippen LogP contribution is -2.15. The highest BCUT2D eigenvalue weighted by atomic mass is 79.9. The summed E-state index contributed by atoms with van der Waals surface area (Å²) in [5.41, 5.74) is 7.33. The molecular weight excluding hydrogens is 448 g/mol. The number of nitrogens with zero attached hydrogens (tertiary/aromatic N) is 3. The van der Waals surface area contributed by atoms with Crippen molar-refractivity contribution in [3.8, 4) is 5.88 Å². The second-order valence-corrected chi connectivity index (χ2v) is 7.79. The van der Waals surface area contributed by atoms with Crippen LogP contribution in [0.1, 0.15) is 22.5 Å². The molecule has 1 aromatic heterocycles. The molecule has 0 spiro atoms. The third-order valence-corrected chi connectivity index (χ3v) is 4.55. The number of aromatic carboxylic acids is 1. The van der Waals surface area contributed by atoms with Crippen LogP contribution in [0.3, 0.4) is 0 Å². The third-order valence-electron chi connectivity index (χ3n) is 4.02. The van der Waals surface area contributed by atoms with E-state index in [1.807, 2.05) is 68.7 Å².